The van der Waals surface area contributed by atoms with Gasteiger partial charge in [-0.05, 0) is 32.0 Å². The van der Waals surface area contributed by atoms with Crippen LogP contribution in [0.15, 0.2) is 18.2 Å². The van der Waals surface area contributed by atoms with Crippen LogP contribution >= 0.6 is 0 Å². The van der Waals surface area contributed by atoms with Gasteiger partial charge < -0.3 is 21.5 Å². The standard InChI is InChI=1S/C13H19N3O3/c1-8(2)16-12(17)3-4-19-13(18)9-5-10(14)7-11(15)6-9/h5-8H,3-4,14-15H2,1-2H3,(H,16,17). The Hall–Kier alpha value is -2.24. The molecule has 1 aromatic carbocycles. The highest BCUT2D eigenvalue weighted by Crippen LogP contribution is 2.14. The number of rotatable bonds is 5. The van der Waals surface area contributed by atoms with Crippen molar-refractivity contribution in [2.24, 2.45) is 0 Å². The van der Waals surface area contributed by atoms with Gasteiger partial charge in [0, 0.05) is 17.4 Å². The summed E-state index contributed by atoms with van der Waals surface area (Å²) in [6, 6.07) is 4.57. The second-order valence-electron chi connectivity index (χ2n) is 4.50. The molecule has 5 N–H and O–H groups in total. The van der Waals surface area contributed by atoms with E-state index in [1.54, 1.807) is 6.07 Å². The number of hydrogen-bond acceptors (Lipinski definition) is 5. The number of nitrogen functional groups attached to an aromatic ring is 2. The minimum absolute atomic E-state index is 0.0199. The van der Waals surface area contributed by atoms with E-state index in [4.69, 9.17) is 16.2 Å². The van der Waals surface area contributed by atoms with Gasteiger partial charge in [0.1, 0.15) is 6.61 Å². The number of amides is 1. The lowest BCUT2D eigenvalue weighted by molar-refractivity contribution is -0.122. The van der Waals surface area contributed by atoms with Crippen molar-refractivity contribution >= 4 is 23.3 Å². The molecule has 1 rings (SSSR count). The van der Waals surface area contributed by atoms with Gasteiger partial charge in [0.05, 0.1) is 12.0 Å². The summed E-state index contributed by atoms with van der Waals surface area (Å²) in [7, 11) is 0. The van der Waals surface area contributed by atoms with E-state index in [1.165, 1.54) is 12.1 Å². The minimum Gasteiger partial charge on any atom is -0.462 e. The van der Waals surface area contributed by atoms with Crippen LogP contribution in [0.1, 0.15) is 30.6 Å². The van der Waals surface area contributed by atoms with E-state index in [9.17, 15) is 9.59 Å². The Labute approximate surface area is 112 Å². The third kappa shape index (κ3) is 5.29. The predicted molar refractivity (Wildman–Crippen MR) is 73.4 cm³/mol. The summed E-state index contributed by atoms with van der Waals surface area (Å²) < 4.78 is 4.98. The molecule has 0 aliphatic carbocycles. The van der Waals surface area contributed by atoms with Crippen LogP contribution in [0.4, 0.5) is 11.4 Å². The van der Waals surface area contributed by atoms with Crippen molar-refractivity contribution in [3.8, 4) is 0 Å². The minimum atomic E-state index is -0.545. The van der Waals surface area contributed by atoms with Gasteiger partial charge >= 0.3 is 5.97 Å². The fourth-order valence-electron chi connectivity index (χ4n) is 1.51. The number of nitrogens with one attached hydrogen (secondary N) is 1. The van der Waals surface area contributed by atoms with Crippen LogP contribution in [0.2, 0.25) is 0 Å². The zero-order valence-electron chi connectivity index (χ0n) is 11.1. The Morgan fingerprint density at radius 1 is 1.21 bits per heavy atom. The molecule has 1 amide bonds. The molecule has 0 aliphatic rings. The van der Waals surface area contributed by atoms with Gasteiger partial charge in [-0.1, -0.05) is 0 Å². The van der Waals surface area contributed by atoms with Gasteiger partial charge in [-0.15, -0.1) is 0 Å². The number of nitrogens with two attached hydrogens (primary N) is 2. The van der Waals surface area contributed by atoms with Gasteiger partial charge in [0.15, 0.2) is 0 Å². The highest BCUT2D eigenvalue weighted by atomic mass is 16.5. The Bertz CT molecular complexity index is 452. The van der Waals surface area contributed by atoms with E-state index in [0.29, 0.717) is 11.4 Å². The van der Waals surface area contributed by atoms with E-state index >= 15 is 0 Å². The number of carbonyl (C=O) groups excluding carboxylic acids is 2. The Balaban J connectivity index is 2.45. The molecule has 6 heteroatoms. The second kappa shape index (κ2) is 6.63. The van der Waals surface area contributed by atoms with Gasteiger partial charge in [-0.3, -0.25) is 4.79 Å². The van der Waals surface area contributed by atoms with Gasteiger partial charge in [-0.25, -0.2) is 4.79 Å². The highest BCUT2D eigenvalue weighted by molar-refractivity contribution is 5.91. The first-order chi connectivity index (χ1) is 8.88. The predicted octanol–water partition coefficient (Wildman–Crippen LogP) is 0.922. The molecule has 0 spiro atoms. The van der Waals surface area contributed by atoms with Crippen molar-refractivity contribution in [3.63, 3.8) is 0 Å². The summed E-state index contributed by atoms with van der Waals surface area (Å²) in [6.07, 6.45) is 0.127. The zero-order valence-corrected chi connectivity index (χ0v) is 11.1. The molecule has 0 saturated carbocycles. The lowest BCUT2D eigenvalue weighted by Crippen LogP contribution is -2.31. The molecule has 0 atom stereocenters. The third-order valence-corrected chi connectivity index (χ3v) is 2.23. The van der Waals surface area contributed by atoms with Crippen LogP contribution in [0.25, 0.3) is 0 Å². The molecule has 0 fully saturated rings. The first-order valence-electron chi connectivity index (χ1n) is 6.01. The van der Waals surface area contributed by atoms with Crippen molar-refractivity contribution in [3.05, 3.63) is 23.8 Å². The Kier molecular flexibility index (Phi) is 5.17. The summed E-state index contributed by atoms with van der Waals surface area (Å²) in [5, 5.41) is 2.70. The largest absolute Gasteiger partial charge is 0.462 e. The average Bonchev–Trinajstić information content (AvgIpc) is 2.26. The number of benzene rings is 1. The lowest BCUT2D eigenvalue weighted by Gasteiger charge is -2.09. The highest BCUT2D eigenvalue weighted by Gasteiger charge is 2.10. The second-order valence-corrected chi connectivity index (χ2v) is 4.50. The van der Waals surface area contributed by atoms with Gasteiger partial charge in [0.25, 0.3) is 0 Å². The summed E-state index contributed by atoms with van der Waals surface area (Å²) in [4.78, 5) is 23.0. The molecule has 0 bridgehead atoms. The molecule has 0 radical (unpaired) electrons. The SMILES string of the molecule is CC(C)NC(=O)CCOC(=O)c1cc(N)cc(N)c1. The summed E-state index contributed by atoms with van der Waals surface area (Å²) >= 11 is 0. The van der Waals surface area contributed by atoms with Crippen LogP contribution in [0.5, 0.6) is 0 Å². The first-order valence-corrected chi connectivity index (χ1v) is 6.01. The molecule has 104 valence electrons. The normalized spacial score (nSPS) is 10.3. The molecule has 0 saturated heterocycles. The molecule has 0 aliphatic heterocycles. The van der Waals surface area contributed by atoms with Crippen LogP contribution in [-0.2, 0) is 9.53 Å². The van der Waals surface area contributed by atoms with Crippen LogP contribution in [0, 0.1) is 0 Å². The Morgan fingerprint density at radius 2 is 1.79 bits per heavy atom. The van der Waals surface area contributed by atoms with E-state index in [0.717, 1.165) is 0 Å². The van der Waals surface area contributed by atoms with E-state index in [2.05, 4.69) is 5.32 Å². The Morgan fingerprint density at radius 3 is 2.32 bits per heavy atom. The maximum Gasteiger partial charge on any atom is 0.338 e. The molecular formula is C13H19N3O3. The van der Waals surface area contributed by atoms with Crippen molar-refractivity contribution in [2.75, 3.05) is 18.1 Å². The lowest BCUT2D eigenvalue weighted by atomic mass is 10.2. The van der Waals surface area contributed by atoms with E-state index < -0.39 is 5.97 Å². The molecule has 6 nitrogen and oxygen atoms in total. The molecule has 1 aromatic rings. The quantitative estimate of drug-likeness (QED) is 0.542. The van der Waals surface area contributed by atoms with E-state index in [-0.39, 0.29) is 30.5 Å². The topological polar surface area (TPSA) is 107 Å². The van der Waals surface area contributed by atoms with Gasteiger partial charge in [-0.2, -0.15) is 0 Å². The van der Waals surface area contributed by atoms with Crippen molar-refractivity contribution in [2.45, 2.75) is 26.3 Å². The monoisotopic (exact) mass is 265 g/mol. The number of hydrogen-bond donors (Lipinski definition) is 3. The first kappa shape index (κ1) is 14.8. The zero-order chi connectivity index (χ0) is 14.4. The van der Waals surface area contributed by atoms with Crippen LogP contribution in [0.3, 0.4) is 0 Å². The fraction of sp³-hybridized carbons (Fsp3) is 0.385. The molecular weight excluding hydrogens is 246 g/mol. The maximum atomic E-state index is 11.7. The molecule has 0 heterocycles. The molecule has 0 aromatic heterocycles. The summed E-state index contributed by atoms with van der Waals surface area (Å²) in [6.45, 7) is 3.74. The van der Waals surface area contributed by atoms with E-state index in [1.807, 2.05) is 13.8 Å². The summed E-state index contributed by atoms with van der Waals surface area (Å²) in [5.41, 5.74) is 12.2. The fourth-order valence-corrected chi connectivity index (χ4v) is 1.51. The molecule has 0 unspecified atom stereocenters. The number of esters is 1. The number of anilines is 2. The van der Waals surface area contributed by atoms with Crippen molar-refractivity contribution < 1.29 is 14.3 Å². The maximum absolute atomic E-state index is 11.7. The van der Waals surface area contributed by atoms with Crippen molar-refractivity contribution in [1.82, 2.24) is 5.32 Å². The van der Waals surface area contributed by atoms with Crippen LogP contribution in [-0.4, -0.2) is 24.5 Å². The third-order valence-electron chi connectivity index (χ3n) is 2.23. The molecule has 19 heavy (non-hydrogen) atoms. The number of carbonyl (C=O) groups is 2. The average molecular weight is 265 g/mol. The summed E-state index contributed by atoms with van der Waals surface area (Å²) in [5.74, 6) is -0.703. The van der Waals surface area contributed by atoms with Crippen LogP contribution < -0.4 is 16.8 Å². The number of ether oxygens (including phenoxy) is 1. The van der Waals surface area contributed by atoms with Gasteiger partial charge in [0.2, 0.25) is 5.91 Å². The smallest absolute Gasteiger partial charge is 0.338 e. The van der Waals surface area contributed by atoms with Crippen molar-refractivity contribution in [1.29, 1.82) is 0 Å².